The van der Waals surface area contributed by atoms with Crippen molar-refractivity contribution < 1.29 is 9.72 Å². The molecule has 0 aliphatic rings. The third-order valence-corrected chi connectivity index (χ3v) is 5.21. The second kappa shape index (κ2) is 8.93. The van der Waals surface area contributed by atoms with Gasteiger partial charge in [-0.15, -0.1) is 0 Å². The number of aromatic nitrogens is 4. The Morgan fingerprint density at radius 1 is 1.34 bits per heavy atom. The molecule has 1 atom stereocenters. The standard InChI is InChI=1S/C17H15BrCl2N6O3/c1-10(6-24-8-13(5-21-24)26(28)29)17(27)22-16-14(18)9-25(23-16)7-11-2-3-12(19)4-15(11)20/h2-5,8-10H,6-7H2,1H3,(H,22,23,27). The normalized spacial score (nSPS) is 12.0. The monoisotopic (exact) mass is 500 g/mol. The van der Waals surface area contributed by atoms with Crippen LogP contribution in [0.2, 0.25) is 10.0 Å². The molecule has 0 spiro atoms. The van der Waals surface area contributed by atoms with Gasteiger partial charge in [-0.05, 0) is 33.6 Å². The number of nitro groups is 1. The highest BCUT2D eigenvalue weighted by Gasteiger charge is 2.19. The molecular formula is C17H15BrCl2N6O3. The third kappa shape index (κ3) is 5.34. The van der Waals surface area contributed by atoms with Crippen LogP contribution in [0.4, 0.5) is 11.5 Å². The molecule has 0 radical (unpaired) electrons. The zero-order valence-electron chi connectivity index (χ0n) is 15.1. The van der Waals surface area contributed by atoms with Crippen molar-refractivity contribution in [2.45, 2.75) is 20.0 Å². The Hall–Kier alpha value is -2.43. The van der Waals surface area contributed by atoms with E-state index in [-0.39, 0.29) is 18.1 Å². The number of rotatable bonds is 7. The van der Waals surface area contributed by atoms with Crippen molar-refractivity contribution in [3.8, 4) is 0 Å². The molecule has 2 aromatic heterocycles. The average Bonchev–Trinajstić information content (AvgIpc) is 3.24. The predicted molar refractivity (Wildman–Crippen MR) is 112 cm³/mol. The summed E-state index contributed by atoms with van der Waals surface area (Å²) in [6.07, 6.45) is 4.15. The molecular weight excluding hydrogens is 487 g/mol. The van der Waals surface area contributed by atoms with Crippen LogP contribution in [0.1, 0.15) is 12.5 Å². The molecule has 152 valence electrons. The second-order valence-electron chi connectivity index (χ2n) is 6.33. The number of nitrogens with one attached hydrogen (secondary N) is 1. The lowest BCUT2D eigenvalue weighted by atomic mass is 10.1. The largest absolute Gasteiger partial charge is 0.308 e. The van der Waals surface area contributed by atoms with Crippen LogP contribution in [-0.2, 0) is 17.9 Å². The van der Waals surface area contributed by atoms with Crippen molar-refractivity contribution in [2.75, 3.05) is 5.32 Å². The highest BCUT2D eigenvalue weighted by atomic mass is 79.9. The summed E-state index contributed by atoms with van der Waals surface area (Å²) < 4.78 is 3.60. The maximum Gasteiger partial charge on any atom is 0.306 e. The Kier molecular flexibility index (Phi) is 6.56. The number of carbonyl (C=O) groups is 1. The summed E-state index contributed by atoms with van der Waals surface area (Å²) >= 11 is 15.5. The average molecular weight is 502 g/mol. The first-order valence-corrected chi connectivity index (χ1v) is 9.92. The number of amides is 1. The molecule has 1 N–H and O–H groups in total. The van der Waals surface area contributed by atoms with Crippen molar-refractivity contribution in [3.63, 3.8) is 0 Å². The number of hydrogen-bond acceptors (Lipinski definition) is 5. The minimum absolute atomic E-state index is 0.125. The number of hydrogen-bond donors (Lipinski definition) is 1. The van der Waals surface area contributed by atoms with Crippen LogP contribution in [0.5, 0.6) is 0 Å². The lowest BCUT2D eigenvalue weighted by Crippen LogP contribution is -2.25. The Morgan fingerprint density at radius 3 is 2.76 bits per heavy atom. The van der Waals surface area contributed by atoms with Gasteiger partial charge in [0.1, 0.15) is 12.4 Å². The molecule has 9 nitrogen and oxygen atoms in total. The molecule has 3 rings (SSSR count). The van der Waals surface area contributed by atoms with E-state index >= 15 is 0 Å². The molecule has 0 fully saturated rings. The number of halogens is 3. The van der Waals surface area contributed by atoms with E-state index in [1.54, 1.807) is 29.9 Å². The summed E-state index contributed by atoms with van der Waals surface area (Å²) in [4.78, 5) is 22.7. The summed E-state index contributed by atoms with van der Waals surface area (Å²) in [6.45, 7) is 2.29. The number of carbonyl (C=O) groups excluding carboxylic acids is 1. The number of benzene rings is 1. The van der Waals surface area contributed by atoms with Gasteiger partial charge >= 0.3 is 5.69 Å². The van der Waals surface area contributed by atoms with Crippen LogP contribution in [0, 0.1) is 16.0 Å². The van der Waals surface area contributed by atoms with Crippen molar-refractivity contribution in [1.82, 2.24) is 19.6 Å². The van der Waals surface area contributed by atoms with Crippen LogP contribution < -0.4 is 5.32 Å². The van der Waals surface area contributed by atoms with E-state index in [0.717, 1.165) is 11.8 Å². The fraction of sp³-hybridized carbons (Fsp3) is 0.235. The Bertz CT molecular complexity index is 1070. The highest BCUT2D eigenvalue weighted by Crippen LogP contribution is 2.25. The summed E-state index contributed by atoms with van der Waals surface area (Å²) in [6, 6.07) is 5.20. The van der Waals surface area contributed by atoms with E-state index in [4.69, 9.17) is 23.2 Å². The summed E-state index contributed by atoms with van der Waals surface area (Å²) in [5.74, 6) is -0.422. The van der Waals surface area contributed by atoms with Crippen LogP contribution in [0.15, 0.2) is 41.3 Å². The predicted octanol–water partition coefficient (Wildman–Crippen LogP) is 4.38. The highest BCUT2D eigenvalue weighted by molar-refractivity contribution is 9.10. The molecule has 0 saturated heterocycles. The maximum atomic E-state index is 12.5. The van der Waals surface area contributed by atoms with Gasteiger partial charge in [0.2, 0.25) is 5.91 Å². The summed E-state index contributed by atoms with van der Waals surface area (Å²) in [7, 11) is 0. The molecule has 29 heavy (non-hydrogen) atoms. The summed E-state index contributed by atoms with van der Waals surface area (Å²) in [5, 5.41) is 22.8. The van der Waals surface area contributed by atoms with Crippen molar-refractivity contribution in [1.29, 1.82) is 0 Å². The van der Waals surface area contributed by atoms with Gasteiger partial charge < -0.3 is 5.32 Å². The van der Waals surface area contributed by atoms with E-state index in [9.17, 15) is 14.9 Å². The quantitative estimate of drug-likeness (QED) is 0.381. The fourth-order valence-electron chi connectivity index (χ4n) is 2.54. The molecule has 0 bridgehead atoms. The van der Waals surface area contributed by atoms with Gasteiger partial charge in [0.15, 0.2) is 5.82 Å². The first-order valence-electron chi connectivity index (χ1n) is 8.37. The van der Waals surface area contributed by atoms with E-state index in [2.05, 4.69) is 31.4 Å². The smallest absolute Gasteiger partial charge is 0.306 e. The third-order valence-electron chi connectivity index (χ3n) is 4.05. The fourth-order valence-corrected chi connectivity index (χ4v) is 3.42. The van der Waals surface area contributed by atoms with Crippen LogP contribution in [0.25, 0.3) is 0 Å². The van der Waals surface area contributed by atoms with Crippen molar-refractivity contribution in [2.24, 2.45) is 5.92 Å². The van der Waals surface area contributed by atoms with Crippen molar-refractivity contribution in [3.05, 3.63) is 67.0 Å². The topological polar surface area (TPSA) is 108 Å². The van der Waals surface area contributed by atoms with Gasteiger partial charge in [-0.1, -0.05) is 36.2 Å². The molecule has 0 aliphatic heterocycles. The molecule has 0 aliphatic carbocycles. The zero-order chi connectivity index (χ0) is 21.1. The van der Waals surface area contributed by atoms with E-state index in [0.29, 0.717) is 26.9 Å². The summed E-state index contributed by atoms with van der Waals surface area (Å²) in [5.41, 5.74) is 0.706. The van der Waals surface area contributed by atoms with Gasteiger partial charge in [0.05, 0.1) is 28.4 Å². The Balaban J connectivity index is 1.64. The van der Waals surface area contributed by atoms with E-state index < -0.39 is 10.8 Å². The molecule has 0 saturated carbocycles. The van der Waals surface area contributed by atoms with Crippen LogP contribution in [0.3, 0.4) is 0 Å². The van der Waals surface area contributed by atoms with E-state index in [1.807, 2.05) is 6.07 Å². The van der Waals surface area contributed by atoms with E-state index in [1.165, 1.54) is 10.9 Å². The van der Waals surface area contributed by atoms with Crippen molar-refractivity contribution >= 4 is 56.5 Å². The minimum Gasteiger partial charge on any atom is -0.308 e. The number of nitrogens with zero attached hydrogens (tertiary/aromatic N) is 5. The minimum atomic E-state index is -0.537. The molecule has 12 heteroatoms. The Labute approximate surface area is 183 Å². The SMILES string of the molecule is CC(Cn1cc([N+](=O)[O-])cn1)C(=O)Nc1nn(Cc2ccc(Cl)cc2Cl)cc1Br. The molecule has 1 unspecified atom stereocenters. The van der Waals surface area contributed by atoms with Crippen LogP contribution in [-0.4, -0.2) is 30.4 Å². The molecule has 1 aromatic carbocycles. The Morgan fingerprint density at radius 2 is 2.10 bits per heavy atom. The van der Waals surface area contributed by atoms with Gasteiger partial charge in [0, 0.05) is 16.2 Å². The van der Waals surface area contributed by atoms with Crippen LogP contribution >= 0.6 is 39.1 Å². The lowest BCUT2D eigenvalue weighted by Gasteiger charge is -2.11. The number of anilines is 1. The molecule has 3 aromatic rings. The maximum absolute atomic E-state index is 12.5. The van der Waals surface area contributed by atoms with Gasteiger partial charge in [-0.2, -0.15) is 10.2 Å². The second-order valence-corrected chi connectivity index (χ2v) is 8.02. The van der Waals surface area contributed by atoms with Gasteiger partial charge in [-0.25, -0.2) is 0 Å². The first kappa shape index (κ1) is 21.3. The first-order chi connectivity index (χ1) is 13.7. The molecule has 2 heterocycles. The van der Waals surface area contributed by atoms with Gasteiger partial charge in [0.25, 0.3) is 0 Å². The zero-order valence-corrected chi connectivity index (χ0v) is 18.1. The molecule has 1 amide bonds. The lowest BCUT2D eigenvalue weighted by molar-refractivity contribution is -0.385. The van der Waals surface area contributed by atoms with Gasteiger partial charge in [-0.3, -0.25) is 24.3 Å².